The zero-order valence-corrected chi connectivity index (χ0v) is 13.5. The zero-order chi connectivity index (χ0) is 17.3. The second-order valence-corrected chi connectivity index (χ2v) is 6.05. The van der Waals surface area contributed by atoms with E-state index in [1.54, 1.807) is 19.1 Å². The quantitative estimate of drug-likeness (QED) is 0.694. The van der Waals surface area contributed by atoms with Crippen molar-refractivity contribution in [2.75, 3.05) is 6.54 Å². The van der Waals surface area contributed by atoms with Gasteiger partial charge in [-0.05, 0) is 30.2 Å². The predicted molar refractivity (Wildman–Crippen MR) is 87.5 cm³/mol. The van der Waals surface area contributed by atoms with Gasteiger partial charge in [0.1, 0.15) is 11.4 Å². The summed E-state index contributed by atoms with van der Waals surface area (Å²) < 4.78 is 18.8. The van der Waals surface area contributed by atoms with E-state index in [9.17, 15) is 14.0 Å². The van der Waals surface area contributed by atoms with Gasteiger partial charge < -0.3 is 10.1 Å². The molecule has 0 bridgehead atoms. The number of esters is 1. The van der Waals surface area contributed by atoms with Crippen molar-refractivity contribution in [2.24, 2.45) is 5.92 Å². The number of benzene rings is 2. The molecule has 0 saturated carbocycles. The minimum absolute atomic E-state index is 0.146. The third-order valence-corrected chi connectivity index (χ3v) is 4.43. The van der Waals surface area contributed by atoms with Crippen molar-refractivity contribution in [3.63, 3.8) is 0 Å². The second kappa shape index (κ2) is 6.07. The van der Waals surface area contributed by atoms with Crippen LogP contribution in [0.5, 0.6) is 0 Å². The average molecular weight is 327 g/mol. The summed E-state index contributed by atoms with van der Waals surface area (Å²) in [5, 5.41) is 2.69. The molecule has 1 N–H and O–H groups in total. The number of carbonyl (C=O) groups is 2. The summed E-state index contributed by atoms with van der Waals surface area (Å²) in [6, 6.07) is 13.5. The molecular weight excluding hydrogens is 309 g/mol. The minimum atomic E-state index is -1.08. The van der Waals surface area contributed by atoms with Crippen LogP contribution in [0.25, 0.3) is 11.1 Å². The molecule has 2 atom stereocenters. The fourth-order valence-corrected chi connectivity index (χ4v) is 3.14. The molecule has 0 radical (unpaired) electrons. The lowest BCUT2D eigenvalue weighted by molar-refractivity contribution is -0.170. The smallest absolute Gasteiger partial charge is 0.303 e. The molecule has 2 aromatic rings. The number of amides is 1. The van der Waals surface area contributed by atoms with Gasteiger partial charge in [-0.1, -0.05) is 36.4 Å². The van der Waals surface area contributed by atoms with Gasteiger partial charge in [-0.2, -0.15) is 0 Å². The molecule has 24 heavy (non-hydrogen) atoms. The summed E-state index contributed by atoms with van der Waals surface area (Å²) in [7, 11) is 0. The Morgan fingerprint density at radius 3 is 2.42 bits per heavy atom. The predicted octanol–water partition coefficient (Wildman–Crippen LogP) is 3.02. The van der Waals surface area contributed by atoms with E-state index in [2.05, 4.69) is 5.32 Å². The Labute approximate surface area is 139 Å². The Kier molecular flexibility index (Phi) is 4.09. The Morgan fingerprint density at radius 2 is 1.88 bits per heavy atom. The molecular formula is C19H18FNO3. The lowest BCUT2D eigenvalue weighted by Gasteiger charge is -2.42. The maximum atomic E-state index is 13.2. The van der Waals surface area contributed by atoms with E-state index in [-0.39, 0.29) is 11.7 Å². The van der Waals surface area contributed by atoms with Crippen LogP contribution in [0.15, 0.2) is 48.5 Å². The topological polar surface area (TPSA) is 55.4 Å². The van der Waals surface area contributed by atoms with Crippen molar-refractivity contribution in [1.82, 2.24) is 5.32 Å². The first-order valence-corrected chi connectivity index (χ1v) is 7.74. The van der Waals surface area contributed by atoms with Crippen LogP contribution in [0.1, 0.15) is 19.4 Å². The van der Waals surface area contributed by atoms with Gasteiger partial charge in [0.25, 0.3) is 0 Å². The molecule has 1 aliphatic rings. The van der Waals surface area contributed by atoms with Crippen molar-refractivity contribution in [3.8, 4) is 11.1 Å². The molecule has 1 saturated heterocycles. The largest absolute Gasteiger partial charge is 0.454 e. The Balaban J connectivity index is 2.13. The SMILES string of the molecule is CC(=O)O[C@](C)(c1ccccc1-c1ccc(F)cc1)[C@@H]1CNC1=O. The van der Waals surface area contributed by atoms with Crippen molar-refractivity contribution in [2.45, 2.75) is 19.4 Å². The number of rotatable bonds is 4. The van der Waals surface area contributed by atoms with E-state index in [4.69, 9.17) is 4.74 Å². The molecule has 2 aromatic carbocycles. The first-order valence-electron chi connectivity index (χ1n) is 7.74. The van der Waals surface area contributed by atoms with Gasteiger partial charge in [-0.3, -0.25) is 9.59 Å². The number of ether oxygens (including phenoxy) is 1. The Hall–Kier alpha value is -2.69. The highest BCUT2D eigenvalue weighted by atomic mass is 19.1. The number of hydrogen-bond acceptors (Lipinski definition) is 3. The molecule has 3 rings (SSSR count). The molecule has 1 heterocycles. The summed E-state index contributed by atoms with van der Waals surface area (Å²) in [4.78, 5) is 23.6. The fraction of sp³-hybridized carbons (Fsp3) is 0.263. The minimum Gasteiger partial charge on any atom is -0.454 e. The van der Waals surface area contributed by atoms with Gasteiger partial charge in [0.15, 0.2) is 0 Å². The molecule has 124 valence electrons. The molecule has 1 aliphatic heterocycles. The van der Waals surface area contributed by atoms with Crippen LogP contribution in [0.2, 0.25) is 0 Å². The number of hydrogen-bond donors (Lipinski definition) is 1. The average Bonchev–Trinajstić information content (AvgIpc) is 2.53. The second-order valence-electron chi connectivity index (χ2n) is 6.05. The third-order valence-electron chi connectivity index (χ3n) is 4.43. The fourth-order valence-electron chi connectivity index (χ4n) is 3.14. The van der Waals surface area contributed by atoms with Gasteiger partial charge in [0.05, 0.1) is 5.92 Å². The van der Waals surface area contributed by atoms with Crippen LogP contribution in [-0.2, 0) is 19.9 Å². The summed E-state index contributed by atoms with van der Waals surface area (Å²) in [6.45, 7) is 3.52. The van der Waals surface area contributed by atoms with Crippen LogP contribution < -0.4 is 5.32 Å². The molecule has 0 aliphatic carbocycles. The Bertz CT molecular complexity index is 787. The first-order chi connectivity index (χ1) is 11.4. The molecule has 0 aromatic heterocycles. The summed E-state index contributed by atoms with van der Waals surface area (Å²) >= 11 is 0. The summed E-state index contributed by atoms with van der Waals surface area (Å²) in [5.74, 6) is -1.38. The lowest BCUT2D eigenvalue weighted by atomic mass is 9.75. The number of β-lactam (4-membered cyclic amide) rings is 1. The standard InChI is InChI=1S/C19H18FNO3/c1-12(22)24-19(2,17-11-21-18(17)23)16-6-4-3-5-15(16)13-7-9-14(20)10-8-13/h3-10,17H,11H2,1-2H3,(H,21,23)/t17-,19-/m1/s1. The van der Waals surface area contributed by atoms with E-state index in [1.165, 1.54) is 19.1 Å². The highest BCUT2D eigenvalue weighted by Crippen LogP contribution is 2.41. The zero-order valence-electron chi connectivity index (χ0n) is 13.5. The van der Waals surface area contributed by atoms with Gasteiger partial charge in [0, 0.05) is 19.0 Å². The molecule has 4 nitrogen and oxygen atoms in total. The maximum absolute atomic E-state index is 13.2. The maximum Gasteiger partial charge on any atom is 0.303 e. The van der Waals surface area contributed by atoms with Crippen molar-refractivity contribution < 1.29 is 18.7 Å². The van der Waals surface area contributed by atoms with Crippen LogP contribution in [-0.4, -0.2) is 18.4 Å². The van der Waals surface area contributed by atoms with Crippen LogP contribution in [0.3, 0.4) is 0 Å². The molecule has 0 unspecified atom stereocenters. The molecule has 5 heteroatoms. The van der Waals surface area contributed by atoms with E-state index in [1.807, 2.05) is 24.3 Å². The van der Waals surface area contributed by atoms with Gasteiger partial charge in [0.2, 0.25) is 5.91 Å². The van der Waals surface area contributed by atoms with Crippen molar-refractivity contribution in [3.05, 3.63) is 59.9 Å². The number of carbonyl (C=O) groups excluding carboxylic acids is 2. The van der Waals surface area contributed by atoms with Gasteiger partial charge in [-0.15, -0.1) is 0 Å². The van der Waals surface area contributed by atoms with Crippen molar-refractivity contribution >= 4 is 11.9 Å². The summed E-state index contributed by atoms with van der Waals surface area (Å²) in [5.41, 5.74) is 1.25. The van der Waals surface area contributed by atoms with E-state index >= 15 is 0 Å². The van der Waals surface area contributed by atoms with Gasteiger partial charge in [-0.25, -0.2) is 4.39 Å². The normalized spacial score (nSPS) is 19.0. The van der Waals surface area contributed by atoms with Crippen LogP contribution in [0.4, 0.5) is 4.39 Å². The lowest BCUT2D eigenvalue weighted by Crippen LogP contribution is -2.59. The monoisotopic (exact) mass is 327 g/mol. The van der Waals surface area contributed by atoms with E-state index < -0.39 is 17.5 Å². The number of nitrogens with one attached hydrogen (secondary N) is 1. The molecule has 1 fully saturated rings. The van der Waals surface area contributed by atoms with Crippen LogP contribution in [0, 0.1) is 11.7 Å². The highest BCUT2D eigenvalue weighted by Gasteiger charge is 2.49. The van der Waals surface area contributed by atoms with Gasteiger partial charge >= 0.3 is 5.97 Å². The highest BCUT2D eigenvalue weighted by molar-refractivity contribution is 5.87. The third kappa shape index (κ3) is 2.77. The number of halogens is 1. The first kappa shape index (κ1) is 16.2. The molecule has 1 amide bonds. The van der Waals surface area contributed by atoms with E-state index in [0.717, 1.165) is 16.7 Å². The van der Waals surface area contributed by atoms with E-state index in [0.29, 0.717) is 6.54 Å². The Morgan fingerprint density at radius 1 is 1.21 bits per heavy atom. The molecule has 0 spiro atoms. The summed E-state index contributed by atoms with van der Waals surface area (Å²) in [6.07, 6.45) is 0. The van der Waals surface area contributed by atoms with Crippen molar-refractivity contribution in [1.29, 1.82) is 0 Å². The van der Waals surface area contributed by atoms with Crippen LogP contribution >= 0.6 is 0 Å².